The van der Waals surface area contributed by atoms with Crippen LogP contribution < -0.4 is 0 Å². The molecular weight excluding hydrogens is 281 g/mol. The summed E-state index contributed by atoms with van der Waals surface area (Å²) in [6, 6.07) is 6.84. The van der Waals surface area contributed by atoms with E-state index in [2.05, 4.69) is 4.90 Å². The number of piperidine rings is 1. The van der Waals surface area contributed by atoms with Gasteiger partial charge in [-0.15, -0.1) is 0 Å². The summed E-state index contributed by atoms with van der Waals surface area (Å²) in [5.41, 5.74) is 1.14. The quantitative estimate of drug-likeness (QED) is 0.853. The minimum Gasteiger partial charge on any atom is -0.378 e. The molecule has 3 rings (SSSR count). The molecule has 0 N–H and O–H groups in total. The zero-order chi connectivity index (χ0) is 15.4. The maximum atomic E-state index is 12.9. The van der Waals surface area contributed by atoms with Gasteiger partial charge in [0.05, 0.1) is 11.7 Å². The first-order chi connectivity index (χ1) is 10.7. The molecule has 0 aromatic heterocycles. The summed E-state index contributed by atoms with van der Waals surface area (Å²) in [4.78, 5) is 2.49. The molecule has 3 nitrogen and oxygen atoms in total. The predicted molar refractivity (Wildman–Crippen MR) is 84.5 cm³/mol. The molecule has 22 heavy (non-hydrogen) atoms. The molecule has 0 amide bonds. The number of nitrogens with zero attached hydrogens (tertiary/aromatic N) is 1. The lowest BCUT2D eigenvalue weighted by Gasteiger charge is -2.48. The largest absolute Gasteiger partial charge is 0.378 e. The molecule has 1 atom stereocenters. The van der Waals surface area contributed by atoms with Crippen molar-refractivity contribution in [3.63, 3.8) is 0 Å². The van der Waals surface area contributed by atoms with Crippen LogP contribution in [0.25, 0.3) is 0 Å². The number of benzene rings is 1. The maximum Gasteiger partial charge on any atom is 0.123 e. The smallest absolute Gasteiger partial charge is 0.123 e. The zero-order valence-electron chi connectivity index (χ0n) is 13.4. The summed E-state index contributed by atoms with van der Waals surface area (Å²) in [6.07, 6.45) is 5.55. The second-order valence-corrected chi connectivity index (χ2v) is 6.50. The predicted octanol–water partition coefficient (Wildman–Crippen LogP) is 3.03. The third kappa shape index (κ3) is 3.50. The van der Waals surface area contributed by atoms with E-state index in [9.17, 15) is 4.39 Å². The number of halogens is 1. The Morgan fingerprint density at radius 1 is 1.27 bits per heavy atom. The minimum atomic E-state index is -0.163. The van der Waals surface area contributed by atoms with Gasteiger partial charge in [0, 0.05) is 33.4 Å². The number of methoxy groups -OCH3 is 1. The summed E-state index contributed by atoms with van der Waals surface area (Å²) >= 11 is 0. The van der Waals surface area contributed by atoms with Gasteiger partial charge in [0.2, 0.25) is 0 Å². The minimum absolute atomic E-state index is 0.0562. The SMILES string of the molecule is COC1CCCOC12CCN(CCc1ccc(F)cc1)CC2. The van der Waals surface area contributed by atoms with Crippen LogP contribution in [0.5, 0.6) is 0 Å². The van der Waals surface area contributed by atoms with Crippen molar-refractivity contribution in [1.82, 2.24) is 4.90 Å². The molecule has 0 radical (unpaired) electrons. The van der Waals surface area contributed by atoms with Crippen LogP contribution in [0.15, 0.2) is 24.3 Å². The van der Waals surface area contributed by atoms with E-state index in [1.54, 1.807) is 12.1 Å². The fourth-order valence-electron chi connectivity index (χ4n) is 3.79. The molecule has 2 aliphatic rings. The number of likely N-dealkylation sites (tertiary alicyclic amines) is 1. The molecule has 1 aromatic rings. The van der Waals surface area contributed by atoms with Gasteiger partial charge in [-0.25, -0.2) is 4.39 Å². The average Bonchev–Trinajstić information content (AvgIpc) is 2.56. The summed E-state index contributed by atoms with van der Waals surface area (Å²) < 4.78 is 24.7. The van der Waals surface area contributed by atoms with Crippen molar-refractivity contribution < 1.29 is 13.9 Å². The van der Waals surface area contributed by atoms with E-state index in [1.165, 1.54) is 5.56 Å². The molecule has 0 bridgehead atoms. The molecule has 2 fully saturated rings. The Kier molecular flexibility index (Phi) is 5.11. The normalized spacial score (nSPS) is 25.5. The van der Waals surface area contributed by atoms with Crippen LogP contribution in [0.2, 0.25) is 0 Å². The highest BCUT2D eigenvalue weighted by Gasteiger charge is 2.44. The molecule has 122 valence electrons. The van der Waals surface area contributed by atoms with Crippen molar-refractivity contribution in [2.45, 2.75) is 43.8 Å². The fourth-order valence-corrected chi connectivity index (χ4v) is 3.79. The fraction of sp³-hybridized carbons (Fsp3) is 0.667. The summed E-state index contributed by atoms with van der Waals surface area (Å²) in [5.74, 6) is -0.163. The van der Waals surface area contributed by atoms with Gasteiger partial charge in [-0.3, -0.25) is 0 Å². The molecule has 0 saturated carbocycles. The number of hydrogen-bond acceptors (Lipinski definition) is 3. The Morgan fingerprint density at radius 3 is 2.68 bits per heavy atom. The zero-order valence-corrected chi connectivity index (χ0v) is 13.4. The van der Waals surface area contributed by atoms with Crippen LogP contribution in [-0.2, 0) is 15.9 Å². The van der Waals surface area contributed by atoms with Crippen molar-refractivity contribution in [2.75, 3.05) is 33.4 Å². The molecule has 1 unspecified atom stereocenters. The Bertz CT molecular complexity index is 468. The number of ether oxygens (including phenoxy) is 2. The van der Waals surface area contributed by atoms with Gasteiger partial charge in [0.25, 0.3) is 0 Å². The lowest BCUT2D eigenvalue weighted by molar-refractivity contribution is -0.186. The van der Waals surface area contributed by atoms with Gasteiger partial charge in [-0.2, -0.15) is 0 Å². The standard InChI is InChI=1S/C18H26FNO2/c1-21-17-3-2-14-22-18(17)9-12-20(13-10-18)11-8-15-4-6-16(19)7-5-15/h4-7,17H,2-3,8-14H2,1H3. The average molecular weight is 307 g/mol. The van der Waals surface area contributed by atoms with E-state index in [-0.39, 0.29) is 17.5 Å². The third-order valence-electron chi connectivity index (χ3n) is 5.20. The van der Waals surface area contributed by atoms with E-state index in [0.717, 1.165) is 58.3 Å². The molecule has 1 spiro atoms. The molecular formula is C18H26FNO2. The van der Waals surface area contributed by atoms with Gasteiger partial charge in [0.15, 0.2) is 0 Å². The van der Waals surface area contributed by atoms with Crippen molar-refractivity contribution in [2.24, 2.45) is 0 Å². The lowest BCUT2D eigenvalue weighted by Crippen LogP contribution is -2.56. The molecule has 4 heteroatoms. The summed E-state index contributed by atoms with van der Waals surface area (Å²) in [7, 11) is 1.81. The van der Waals surface area contributed by atoms with E-state index < -0.39 is 0 Å². The second-order valence-electron chi connectivity index (χ2n) is 6.50. The van der Waals surface area contributed by atoms with Crippen molar-refractivity contribution in [1.29, 1.82) is 0 Å². The maximum absolute atomic E-state index is 12.9. The van der Waals surface area contributed by atoms with Gasteiger partial charge in [0.1, 0.15) is 5.82 Å². The van der Waals surface area contributed by atoms with Crippen molar-refractivity contribution in [3.8, 4) is 0 Å². The van der Waals surface area contributed by atoms with Gasteiger partial charge in [-0.1, -0.05) is 12.1 Å². The first-order valence-corrected chi connectivity index (χ1v) is 8.35. The van der Waals surface area contributed by atoms with Crippen LogP contribution in [0.3, 0.4) is 0 Å². The summed E-state index contributed by atoms with van der Waals surface area (Å²) in [6.45, 7) is 4.01. The molecule has 0 aliphatic carbocycles. The number of rotatable bonds is 4. The van der Waals surface area contributed by atoms with Gasteiger partial charge < -0.3 is 14.4 Å². The van der Waals surface area contributed by atoms with Crippen molar-refractivity contribution in [3.05, 3.63) is 35.6 Å². The lowest BCUT2D eigenvalue weighted by atomic mass is 9.82. The van der Waals surface area contributed by atoms with Crippen LogP contribution in [0.4, 0.5) is 4.39 Å². The van der Waals surface area contributed by atoms with E-state index >= 15 is 0 Å². The van der Waals surface area contributed by atoms with Gasteiger partial charge in [-0.05, 0) is 49.8 Å². The molecule has 2 aliphatic heterocycles. The van der Waals surface area contributed by atoms with Crippen LogP contribution in [0, 0.1) is 5.82 Å². The molecule has 2 saturated heterocycles. The third-order valence-corrected chi connectivity index (χ3v) is 5.20. The number of hydrogen-bond donors (Lipinski definition) is 0. The van der Waals surface area contributed by atoms with Crippen LogP contribution >= 0.6 is 0 Å². The summed E-state index contributed by atoms with van der Waals surface area (Å²) in [5, 5.41) is 0. The highest BCUT2D eigenvalue weighted by Crippen LogP contribution is 2.36. The molecule has 2 heterocycles. The Hall–Kier alpha value is -0.970. The molecule has 1 aromatic carbocycles. The van der Waals surface area contributed by atoms with Crippen molar-refractivity contribution >= 4 is 0 Å². The topological polar surface area (TPSA) is 21.7 Å². The first-order valence-electron chi connectivity index (χ1n) is 8.35. The van der Waals surface area contributed by atoms with E-state index in [1.807, 2.05) is 19.2 Å². The second kappa shape index (κ2) is 7.07. The highest BCUT2D eigenvalue weighted by atomic mass is 19.1. The van der Waals surface area contributed by atoms with E-state index in [0.29, 0.717) is 0 Å². The van der Waals surface area contributed by atoms with Crippen LogP contribution in [0.1, 0.15) is 31.2 Å². The monoisotopic (exact) mass is 307 g/mol. The highest BCUT2D eigenvalue weighted by molar-refractivity contribution is 5.16. The Morgan fingerprint density at radius 2 is 2.00 bits per heavy atom. The van der Waals surface area contributed by atoms with E-state index in [4.69, 9.17) is 9.47 Å². The van der Waals surface area contributed by atoms with Gasteiger partial charge >= 0.3 is 0 Å². The van der Waals surface area contributed by atoms with Crippen LogP contribution in [-0.4, -0.2) is 50.0 Å². The Labute approximate surface area is 132 Å². The first kappa shape index (κ1) is 15.9. The Balaban J connectivity index is 1.50.